The molecule has 1 aromatic heterocycles. The van der Waals surface area contributed by atoms with Gasteiger partial charge in [0, 0.05) is 11.3 Å². The molecule has 0 spiro atoms. The monoisotopic (exact) mass is 379 g/mol. The van der Waals surface area contributed by atoms with Crippen molar-refractivity contribution in [2.45, 2.75) is 26.4 Å². The fraction of sp³-hybridized carbons (Fsp3) is 0.190. The Bertz CT molecular complexity index is 954. The summed E-state index contributed by atoms with van der Waals surface area (Å²) in [6.07, 6.45) is 4.16. The molecule has 0 aliphatic rings. The van der Waals surface area contributed by atoms with E-state index in [2.05, 4.69) is 15.6 Å². The zero-order valence-corrected chi connectivity index (χ0v) is 15.6. The molecule has 0 fully saturated rings. The summed E-state index contributed by atoms with van der Waals surface area (Å²) in [6.45, 7) is 3.88. The van der Waals surface area contributed by atoms with E-state index in [4.69, 9.17) is 9.15 Å². The van der Waals surface area contributed by atoms with Crippen LogP contribution in [0.2, 0.25) is 0 Å². The summed E-state index contributed by atoms with van der Waals surface area (Å²) < 4.78 is 11.2. The average molecular weight is 379 g/mol. The number of nitrogens with zero attached hydrogens (tertiary/aromatic N) is 1. The van der Waals surface area contributed by atoms with Gasteiger partial charge < -0.3 is 19.8 Å². The molecule has 0 aliphatic heterocycles. The molecule has 2 amide bonds. The number of amides is 2. The van der Waals surface area contributed by atoms with Gasteiger partial charge in [-0.1, -0.05) is 25.1 Å². The molecular weight excluding hydrogens is 358 g/mol. The van der Waals surface area contributed by atoms with Gasteiger partial charge in [-0.3, -0.25) is 9.59 Å². The van der Waals surface area contributed by atoms with E-state index in [1.54, 1.807) is 36.5 Å². The highest BCUT2D eigenvalue weighted by molar-refractivity contribution is 6.07. The smallest absolute Gasteiger partial charge is 0.259 e. The molecule has 28 heavy (non-hydrogen) atoms. The third-order valence-electron chi connectivity index (χ3n) is 4.21. The van der Waals surface area contributed by atoms with Crippen LogP contribution in [0.5, 0.6) is 5.75 Å². The summed E-state index contributed by atoms with van der Waals surface area (Å²) in [4.78, 5) is 27.7. The molecule has 144 valence electrons. The van der Waals surface area contributed by atoms with Crippen molar-refractivity contribution in [2.24, 2.45) is 0 Å². The van der Waals surface area contributed by atoms with Crippen LogP contribution in [0, 0.1) is 0 Å². The standard InChI is InChI=1S/C21H21N3O4/c1-3-14(2)28-20-17(8-5-9-18(20)23-12-25)21(26)24-16-7-4-6-15(10-16)19-11-22-13-27-19/h4-14H,3H2,1-2H3,(H,23,25)(H,24,26). The molecule has 0 bridgehead atoms. The second-order valence-corrected chi connectivity index (χ2v) is 6.18. The number of rotatable bonds is 8. The van der Waals surface area contributed by atoms with Gasteiger partial charge in [0.1, 0.15) is 0 Å². The van der Waals surface area contributed by atoms with Crippen LogP contribution < -0.4 is 15.4 Å². The Morgan fingerprint density at radius 1 is 1.29 bits per heavy atom. The number of ether oxygens (including phenoxy) is 1. The molecule has 7 heteroatoms. The van der Waals surface area contributed by atoms with Gasteiger partial charge in [0.25, 0.3) is 5.91 Å². The van der Waals surface area contributed by atoms with Gasteiger partial charge in [-0.25, -0.2) is 4.98 Å². The second-order valence-electron chi connectivity index (χ2n) is 6.18. The first-order chi connectivity index (χ1) is 13.6. The normalized spacial score (nSPS) is 11.5. The number of para-hydroxylation sites is 1. The van der Waals surface area contributed by atoms with Crippen molar-refractivity contribution in [1.82, 2.24) is 4.98 Å². The lowest BCUT2D eigenvalue weighted by Crippen LogP contribution is -2.18. The van der Waals surface area contributed by atoms with E-state index in [1.807, 2.05) is 26.0 Å². The summed E-state index contributed by atoms with van der Waals surface area (Å²) in [5.41, 5.74) is 2.17. The summed E-state index contributed by atoms with van der Waals surface area (Å²) in [5, 5.41) is 5.45. The number of aromatic nitrogens is 1. The van der Waals surface area contributed by atoms with E-state index in [0.717, 1.165) is 12.0 Å². The van der Waals surface area contributed by atoms with Crippen LogP contribution in [-0.2, 0) is 4.79 Å². The zero-order chi connectivity index (χ0) is 19.9. The first-order valence-electron chi connectivity index (χ1n) is 8.92. The third kappa shape index (κ3) is 4.37. The van der Waals surface area contributed by atoms with E-state index in [0.29, 0.717) is 34.9 Å². The zero-order valence-electron chi connectivity index (χ0n) is 15.6. The van der Waals surface area contributed by atoms with Gasteiger partial charge in [-0.2, -0.15) is 0 Å². The lowest BCUT2D eigenvalue weighted by Gasteiger charge is -2.19. The molecule has 1 unspecified atom stereocenters. The highest BCUT2D eigenvalue weighted by atomic mass is 16.5. The SMILES string of the molecule is CCC(C)Oc1c(NC=O)cccc1C(=O)Nc1cccc(-c2cnco2)c1. The van der Waals surface area contributed by atoms with E-state index in [9.17, 15) is 9.59 Å². The van der Waals surface area contributed by atoms with Crippen molar-refractivity contribution in [3.8, 4) is 17.1 Å². The van der Waals surface area contributed by atoms with Crippen LogP contribution in [0.3, 0.4) is 0 Å². The minimum Gasteiger partial charge on any atom is -0.488 e. The van der Waals surface area contributed by atoms with Gasteiger partial charge in [-0.05, 0) is 37.6 Å². The minimum absolute atomic E-state index is 0.115. The quantitative estimate of drug-likeness (QED) is 0.568. The van der Waals surface area contributed by atoms with Crippen LogP contribution in [0.1, 0.15) is 30.6 Å². The van der Waals surface area contributed by atoms with Gasteiger partial charge in [-0.15, -0.1) is 0 Å². The molecule has 1 atom stereocenters. The van der Waals surface area contributed by atoms with Gasteiger partial charge in [0.2, 0.25) is 6.41 Å². The van der Waals surface area contributed by atoms with E-state index < -0.39 is 0 Å². The summed E-state index contributed by atoms with van der Waals surface area (Å²) in [5.74, 6) is 0.601. The molecule has 1 heterocycles. The number of nitrogens with one attached hydrogen (secondary N) is 2. The summed E-state index contributed by atoms with van der Waals surface area (Å²) in [6, 6.07) is 12.3. The van der Waals surface area contributed by atoms with Crippen LogP contribution in [0.15, 0.2) is 59.5 Å². The highest BCUT2D eigenvalue weighted by Gasteiger charge is 2.18. The highest BCUT2D eigenvalue weighted by Crippen LogP contribution is 2.31. The molecule has 7 nitrogen and oxygen atoms in total. The maximum Gasteiger partial charge on any atom is 0.259 e. The maximum atomic E-state index is 12.9. The fourth-order valence-corrected chi connectivity index (χ4v) is 2.61. The predicted octanol–water partition coefficient (Wildman–Crippen LogP) is 4.34. The molecule has 3 rings (SSSR count). The number of anilines is 2. The van der Waals surface area contributed by atoms with Crippen molar-refractivity contribution in [3.63, 3.8) is 0 Å². The molecule has 2 N–H and O–H groups in total. The van der Waals surface area contributed by atoms with E-state index >= 15 is 0 Å². The molecule has 0 saturated carbocycles. The topological polar surface area (TPSA) is 93.5 Å². The number of carbonyl (C=O) groups is 2. The van der Waals surface area contributed by atoms with E-state index in [1.165, 1.54) is 6.39 Å². The first kappa shape index (κ1) is 19.2. The van der Waals surface area contributed by atoms with Crippen molar-refractivity contribution >= 4 is 23.7 Å². The van der Waals surface area contributed by atoms with Gasteiger partial charge in [0.15, 0.2) is 17.9 Å². The Hall–Kier alpha value is -3.61. The van der Waals surface area contributed by atoms with Crippen molar-refractivity contribution in [3.05, 3.63) is 60.6 Å². The Kier molecular flexibility index (Phi) is 6.06. The first-order valence-corrected chi connectivity index (χ1v) is 8.92. The number of hydrogen-bond acceptors (Lipinski definition) is 5. The average Bonchev–Trinajstić information content (AvgIpc) is 3.24. The molecule has 0 radical (unpaired) electrons. The van der Waals surface area contributed by atoms with Gasteiger partial charge >= 0.3 is 0 Å². The Morgan fingerprint density at radius 2 is 2.11 bits per heavy atom. The Morgan fingerprint density at radius 3 is 2.82 bits per heavy atom. The second kappa shape index (κ2) is 8.85. The third-order valence-corrected chi connectivity index (χ3v) is 4.21. The minimum atomic E-state index is -0.345. The van der Waals surface area contributed by atoms with Crippen molar-refractivity contribution < 1.29 is 18.7 Å². The molecule has 0 saturated heterocycles. The molecule has 0 aliphatic carbocycles. The number of hydrogen-bond donors (Lipinski definition) is 2. The lowest BCUT2D eigenvalue weighted by atomic mass is 10.1. The largest absolute Gasteiger partial charge is 0.488 e. The van der Waals surface area contributed by atoms with E-state index in [-0.39, 0.29) is 12.0 Å². The number of benzene rings is 2. The summed E-state index contributed by atoms with van der Waals surface area (Å²) >= 11 is 0. The van der Waals surface area contributed by atoms with Crippen LogP contribution in [0.4, 0.5) is 11.4 Å². The fourth-order valence-electron chi connectivity index (χ4n) is 2.61. The van der Waals surface area contributed by atoms with Crippen molar-refractivity contribution in [2.75, 3.05) is 10.6 Å². The number of carbonyl (C=O) groups excluding carboxylic acids is 2. The molecule has 2 aromatic carbocycles. The maximum absolute atomic E-state index is 12.9. The Labute approximate surface area is 162 Å². The lowest BCUT2D eigenvalue weighted by molar-refractivity contribution is -0.105. The predicted molar refractivity (Wildman–Crippen MR) is 106 cm³/mol. The summed E-state index contributed by atoms with van der Waals surface area (Å²) in [7, 11) is 0. The Balaban J connectivity index is 1.89. The van der Waals surface area contributed by atoms with Crippen LogP contribution in [0.25, 0.3) is 11.3 Å². The van der Waals surface area contributed by atoms with Crippen molar-refractivity contribution in [1.29, 1.82) is 0 Å². The molecular formula is C21H21N3O4. The molecule has 3 aromatic rings. The number of oxazole rings is 1. The van der Waals surface area contributed by atoms with Crippen LogP contribution in [-0.4, -0.2) is 23.4 Å². The van der Waals surface area contributed by atoms with Crippen LogP contribution >= 0.6 is 0 Å². The van der Waals surface area contributed by atoms with Gasteiger partial charge in [0.05, 0.1) is 23.6 Å².